The van der Waals surface area contributed by atoms with Crippen molar-refractivity contribution in [2.45, 2.75) is 9.79 Å². The first-order valence-electron chi connectivity index (χ1n) is 14.7. The first-order valence-corrected chi connectivity index (χ1v) is 18.3. The Morgan fingerprint density at radius 3 is 1.11 bits per heavy atom. The smallest absolute Gasteiger partial charge is 1.00 e. The molecule has 0 fully saturated rings. The van der Waals surface area contributed by atoms with Gasteiger partial charge >= 0.3 is 59.1 Å². The number of benzene rings is 4. The zero-order chi connectivity index (χ0) is 36.9. The molecular weight excluding hydrogens is 801 g/mol. The van der Waals surface area contributed by atoms with Crippen molar-refractivity contribution in [3.05, 3.63) is 119 Å². The summed E-state index contributed by atoms with van der Waals surface area (Å²) >= 11 is 12.2. The monoisotopic (exact) mass is 826 g/mol. The Bertz CT molecular complexity index is 2370. The number of hydrogen-bond donors (Lipinski definition) is 6. The summed E-state index contributed by atoms with van der Waals surface area (Å²) in [6, 6.07) is 25.9. The van der Waals surface area contributed by atoms with Crippen LogP contribution in [0.15, 0.2) is 107 Å². The van der Waals surface area contributed by atoms with Gasteiger partial charge in [-0.25, -0.2) is 0 Å². The van der Waals surface area contributed by atoms with E-state index in [9.17, 15) is 25.9 Å². The van der Waals surface area contributed by atoms with Crippen molar-refractivity contribution < 1.29 is 87.9 Å². The van der Waals surface area contributed by atoms with Crippen LogP contribution in [0.2, 0.25) is 10.6 Å². The number of aromatic nitrogens is 6. The molecule has 6 rings (SSSR count). The van der Waals surface area contributed by atoms with Gasteiger partial charge in [-0.05, 0) is 82.9 Å². The average molecular weight is 828 g/mol. The molecule has 2 heterocycles. The first-order chi connectivity index (χ1) is 24.8. The zero-order valence-electron chi connectivity index (χ0n) is 30.2. The molecule has 0 atom stereocenters. The van der Waals surface area contributed by atoms with E-state index in [1.165, 1.54) is 36.4 Å². The standard InChI is InChI=1S/C32H24Cl2N10O6S2.2Na.2H/c33-27-39-29(35-21-7-3-1-4-8-21)43-31(41-27)37-23-15-13-19(25(17-23)51(45,46)47)11-12-20-14-16-24(18-26(20)52(48,49)50)38-32-42-28(34)40-30(44-32)36-22-9-5-2-6-10-22;;;;/h1-18H,(H,45,46,47)(H,48,49,50)(H2,35,37,39,41,43)(H2,36,38,40,42,44);;;;/q;2*+1;2*-1/b12-11+;;;;. The van der Waals surface area contributed by atoms with Crippen LogP contribution >= 0.6 is 23.2 Å². The Labute approximate surface area is 366 Å². The van der Waals surface area contributed by atoms with Crippen LogP contribution in [-0.4, -0.2) is 55.8 Å². The Kier molecular flexibility index (Phi) is 14.9. The van der Waals surface area contributed by atoms with Gasteiger partial charge < -0.3 is 24.1 Å². The number of nitrogens with zero attached hydrogens (tertiary/aromatic N) is 6. The molecule has 0 aliphatic rings. The molecule has 22 heteroatoms. The Balaban J connectivity index is 0.00000271. The fourth-order valence-electron chi connectivity index (χ4n) is 4.61. The van der Waals surface area contributed by atoms with E-state index in [1.807, 2.05) is 36.4 Å². The van der Waals surface area contributed by atoms with E-state index in [2.05, 4.69) is 51.2 Å². The first kappa shape index (κ1) is 43.0. The predicted octanol–water partition coefficient (Wildman–Crippen LogP) is 1.23. The molecule has 2 aromatic heterocycles. The second kappa shape index (κ2) is 18.7. The number of anilines is 8. The molecule has 268 valence electrons. The third kappa shape index (κ3) is 11.9. The maximum atomic E-state index is 12.4. The molecule has 0 amide bonds. The molecule has 6 N–H and O–H groups in total. The van der Waals surface area contributed by atoms with Gasteiger partial charge in [-0.15, -0.1) is 0 Å². The maximum absolute atomic E-state index is 12.4. The number of para-hydroxylation sites is 2. The summed E-state index contributed by atoms with van der Waals surface area (Å²) in [7, 11) is -9.62. The predicted molar refractivity (Wildman–Crippen MR) is 199 cm³/mol. The normalized spacial score (nSPS) is 11.3. The van der Waals surface area contributed by atoms with Crippen molar-refractivity contribution in [1.82, 2.24) is 29.9 Å². The van der Waals surface area contributed by atoms with Crippen molar-refractivity contribution >= 4 is 102 Å². The van der Waals surface area contributed by atoms with Crippen molar-refractivity contribution in [2.75, 3.05) is 21.3 Å². The van der Waals surface area contributed by atoms with E-state index in [-0.39, 0.29) is 119 Å². The van der Waals surface area contributed by atoms with Gasteiger partial charge in [0.25, 0.3) is 20.2 Å². The molecule has 0 spiro atoms. The minimum Gasteiger partial charge on any atom is -1.00 e. The molecule has 54 heavy (non-hydrogen) atoms. The molecule has 0 saturated carbocycles. The van der Waals surface area contributed by atoms with Crippen LogP contribution in [0.25, 0.3) is 12.2 Å². The fraction of sp³-hybridized carbons (Fsp3) is 0. The number of nitrogens with one attached hydrogen (secondary N) is 4. The van der Waals surface area contributed by atoms with Crippen molar-refractivity contribution in [2.24, 2.45) is 0 Å². The van der Waals surface area contributed by atoms with E-state index < -0.39 is 30.0 Å². The second-order valence-electron chi connectivity index (χ2n) is 10.5. The minimum absolute atomic E-state index is 0. The van der Waals surface area contributed by atoms with Gasteiger partial charge in [0, 0.05) is 22.7 Å². The molecular formula is C32H26Cl2N10Na2O6S2. The SMILES string of the molecule is O=S(=O)(O)c1cc(Nc2nc(Cl)nc(Nc3ccccc3)n2)ccc1/C=C/c1ccc(Nc2nc(Cl)nc(Nc3ccccc3)n2)cc1S(=O)(=O)O.[H-].[H-].[Na+].[Na+]. The molecule has 0 unspecified atom stereocenters. The van der Waals surface area contributed by atoms with E-state index in [0.29, 0.717) is 11.4 Å². The summed E-state index contributed by atoms with van der Waals surface area (Å²) in [4.78, 5) is 23.5. The molecule has 0 saturated heterocycles. The van der Waals surface area contributed by atoms with E-state index in [0.717, 1.165) is 12.1 Å². The van der Waals surface area contributed by atoms with Gasteiger partial charge in [-0.2, -0.15) is 46.7 Å². The van der Waals surface area contributed by atoms with Crippen LogP contribution in [-0.2, 0) is 20.2 Å². The van der Waals surface area contributed by atoms with E-state index in [1.54, 1.807) is 24.3 Å². The molecule has 0 aliphatic heterocycles. The van der Waals surface area contributed by atoms with Gasteiger partial charge in [0.05, 0.1) is 0 Å². The van der Waals surface area contributed by atoms with Crippen molar-refractivity contribution in [3.8, 4) is 0 Å². The summed E-state index contributed by atoms with van der Waals surface area (Å²) in [6.45, 7) is 0. The molecule has 0 bridgehead atoms. The van der Waals surface area contributed by atoms with Crippen molar-refractivity contribution in [3.63, 3.8) is 0 Å². The molecule has 0 aliphatic carbocycles. The molecule has 0 radical (unpaired) electrons. The van der Waals surface area contributed by atoms with Crippen LogP contribution in [0, 0.1) is 0 Å². The average Bonchev–Trinajstić information content (AvgIpc) is 3.07. The molecule has 6 aromatic rings. The summed E-state index contributed by atoms with van der Waals surface area (Å²) in [6.07, 6.45) is 2.50. The maximum Gasteiger partial charge on any atom is 1.00 e. The van der Waals surface area contributed by atoms with Crippen LogP contribution in [0.4, 0.5) is 46.5 Å². The van der Waals surface area contributed by atoms with Gasteiger partial charge in [-0.3, -0.25) is 9.11 Å². The Morgan fingerprint density at radius 2 is 0.796 bits per heavy atom. The fourth-order valence-corrected chi connectivity index (χ4v) is 6.35. The minimum atomic E-state index is -4.81. The van der Waals surface area contributed by atoms with Gasteiger partial charge in [0.2, 0.25) is 34.4 Å². The van der Waals surface area contributed by atoms with Gasteiger partial charge in [0.1, 0.15) is 9.79 Å². The third-order valence-electron chi connectivity index (χ3n) is 6.81. The number of hydrogen-bond acceptors (Lipinski definition) is 14. The Morgan fingerprint density at radius 1 is 0.481 bits per heavy atom. The molecule has 4 aromatic carbocycles. The van der Waals surface area contributed by atoms with Crippen LogP contribution < -0.4 is 80.4 Å². The summed E-state index contributed by atoms with van der Waals surface area (Å²) in [5, 5.41) is 11.3. The number of rotatable bonds is 12. The summed E-state index contributed by atoms with van der Waals surface area (Å²) in [5.41, 5.74) is 1.65. The van der Waals surface area contributed by atoms with Crippen molar-refractivity contribution in [1.29, 1.82) is 0 Å². The number of halogens is 2. The van der Waals surface area contributed by atoms with Crippen LogP contribution in [0.5, 0.6) is 0 Å². The third-order valence-corrected chi connectivity index (χ3v) is 8.97. The summed E-state index contributed by atoms with van der Waals surface area (Å²) < 4.78 is 69.8. The van der Waals surface area contributed by atoms with Crippen LogP contribution in [0.3, 0.4) is 0 Å². The Hall–Kier alpha value is -3.76. The topological polar surface area (TPSA) is 234 Å². The zero-order valence-corrected chi connectivity index (χ0v) is 35.3. The summed E-state index contributed by atoms with van der Waals surface area (Å²) in [5.74, 6) is 0.164. The van der Waals surface area contributed by atoms with Gasteiger partial charge in [0.15, 0.2) is 0 Å². The van der Waals surface area contributed by atoms with Crippen LogP contribution in [0.1, 0.15) is 14.0 Å². The van der Waals surface area contributed by atoms with E-state index in [4.69, 9.17) is 23.2 Å². The van der Waals surface area contributed by atoms with E-state index >= 15 is 0 Å². The van der Waals surface area contributed by atoms with Gasteiger partial charge in [-0.1, -0.05) is 60.7 Å². The quantitative estimate of drug-likeness (QED) is 0.0579. The molecule has 16 nitrogen and oxygen atoms in total. The largest absolute Gasteiger partial charge is 1.00 e. The second-order valence-corrected chi connectivity index (χ2v) is 14.0.